The molecule has 2 aliphatic carbocycles. The molecule has 1 heterocycles. The van der Waals surface area contributed by atoms with Crippen LogP contribution in [-0.2, 0) is 24.0 Å². The summed E-state index contributed by atoms with van der Waals surface area (Å²) in [5, 5.41) is 2.72. The number of fused-ring (bicyclic) bond motifs is 1. The summed E-state index contributed by atoms with van der Waals surface area (Å²) in [5.74, 6) is 0.882. The molecule has 0 aromatic heterocycles. The molecular formula is C31H37F3N2O2. The minimum absolute atomic E-state index is 0.00413. The number of ether oxygens (including phenoxy) is 1. The normalized spacial score (nSPS) is 19.2. The number of allylic oxidation sites excluding steroid dienone is 1. The second-order valence-electron chi connectivity index (χ2n) is 11.1. The third kappa shape index (κ3) is 5.78. The molecule has 0 atom stereocenters. The van der Waals surface area contributed by atoms with E-state index in [0.717, 1.165) is 64.6 Å². The van der Waals surface area contributed by atoms with Crippen molar-refractivity contribution in [2.45, 2.75) is 70.6 Å². The van der Waals surface area contributed by atoms with Crippen LogP contribution in [0.5, 0.6) is 5.75 Å². The summed E-state index contributed by atoms with van der Waals surface area (Å²) in [4.78, 5) is 14.1. The van der Waals surface area contributed by atoms with Crippen molar-refractivity contribution in [2.75, 3.05) is 26.7 Å². The predicted molar refractivity (Wildman–Crippen MR) is 143 cm³/mol. The molecule has 0 unspecified atom stereocenters. The predicted octanol–water partition coefficient (Wildman–Crippen LogP) is 6.73. The summed E-state index contributed by atoms with van der Waals surface area (Å²) in [5.41, 5.74) is 5.56. The molecule has 0 bridgehead atoms. The Balaban J connectivity index is 1.24. The van der Waals surface area contributed by atoms with Gasteiger partial charge < -0.3 is 10.1 Å². The maximum Gasteiger partial charge on any atom is 0.416 e. The number of carbonyl (C=O) groups excluding carboxylic acids is 1. The van der Waals surface area contributed by atoms with E-state index in [1.54, 1.807) is 19.2 Å². The van der Waals surface area contributed by atoms with E-state index in [4.69, 9.17) is 4.74 Å². The number of aryl methyl sites for hydroxylation is 1. The van der Waals surface area contributed by atoms with Crippen molar-refractivity contribution in [3.8, 4) is 5.75 Å². The molecule has 38 heavy (non-hydrogen) atoms. The number of amides is 1. The van der Waals surface area contributed by atoms with Crippen molar-refractivity contribution in [3.63, 3.8) is 0 Å². The van der Waals surface area contributed by atoms with Gasteiger partial charge in [-0.05, 0) is 84.6 Å². The van der Waals surface area contributed by atoms with Gasteiger partial charge in [0.1, 0.15) is 12.4 Å². The van der Waals surface area contributed by atoms with Crippen molar-refractivity contribution >= 4 is 11.5 Å². The van der Waals surface area contributed by atoms with E-state index < -0.39 is 11.7 Å². The molecule has 4 nitrogen and oxygen atoms in total. The van der Waals surface area contributed by atoms with Crippen molar-refractivity contribution < 1.29 is 22.7 Å². The molecule has 1 saturated carbocycles. The first-order chi connectivity index (χ1) is 18.2. The monoisotopic (exact) mass is 526 g/mol. The van der Waals surface area contributed by atoms with Gasteiger partial charge in [-0.25, -0.2) is 0 Å². The van der Waals surface area contributed by atoms with Gasteiger partial charge in [0.05, 0.1) is 11.5 Å². The molecule has 7 heteroatoms. The fourth-order valence-corrected chi connectivity index (χ4v) is 6.31. The van der Waals surface area contributed by atoms with Crippen molar-refractivity contribution in [1.29, 1.82) is 0 Å². The van der Waals surface area contributed by atoms with E-state index >= 15 is 0 Å². The molecule has 1 aliphatic heterocycles. The third-order valence-corrected chi connectivity index (χ3v) is 8.57. The van der Waals surface area contributed by atoms with Gasteiger partial charge in [-0.2, -0.15) is 13.2 Å². The summed E-state index contributed by atoms with van der Waals surface area (Å²) < 4.78 is 47.7. The highest BCUT2D eigenvalue weighted by Gasteiger charge is 2.36. The van der Waals surface area contributed by atoms with Crippen molar-refractivity contribution in [2.24, 2.45) is 5.92 Å². The molecule has 0 spiro atoms. The molecule has 3 aliphatic rings. The number of carbonyl (C=O) groups is 1. The minimum atomic E-state index is -4.37. The lowest BCUT2D eigenvalue weighted by molar-refractivity contribution is -0.138. The van der Waals surface area contributed by atoms with E-state index in [1.807, 2.05) is 12.1 Å². The SMILES string of the molecule is CNC(=O)C1CN(CC2=C(C)c3ccc(OCc4ccc(C5CCCCC5)c(C(F)(F)F)c4)cc3CC2)C1. The number of hydrogen-bond donors (Lipinski definition) is 1. The first kappa shape index (κ1) is 26.8. The Morgan fingerprint density at radius 2 is 1.82 bits per heavy atom. The van der Waals surface area contributed by atoms with E-state index in [0.29, 0.717) is 16.9 Å². The van der Waals surface area contributed by atoms with Gasteiger partial charge in [0.2, 0.25) is 5.91 Å². The van der Waals surface area contributed by atoms with Gasteiger partial charge >= 0.3 is 6.18 Å². The van der Waals surface area contributed by atoms with E-state index in [1.165, 1.54) is 28.3 Å². The van der Waals surface area contributed by atoms with E-state index in [9.17, 15) is 18.0 Å². The highest BCUT2D eigenvalue weighted by Crippen LogP contribution is 2.41. The largest absolute Gasteiger partial charge is 0.489 e. The molecule has 2 aromatic rings. The Hall–Kier alpha value is -2.80. The first-order valence-electron chi connectivity index (χ1n) is 13.8. The summed E-state index contributed by atoms with van der Waals surface area (Å²) in [6.45, 7) is 4.74. The van der Waals surface area contributed by atoms with Crippen LogP contribution in [0.15, 0.2) is 42.0 Å². The zero-order valence-corrected chi connectivity index (χ0v) is 22.3. The molecule has 2 aromatic carbocycles. The van der Waals surface area contributed by atoms with Crippen LogP contribution in [0.3, 0.4) is 0 Å². The minimum Gasteiger partial charge on any atom is -0.489 e. The second kappa shape index (κ2) is 11.1. The number of nitrogens with one attached hydrogen (secondary N) is 1. The van der Waals surface area contributed by atoms with Crippen LogP contribution in [0.2, 0.25) is 0 Å². The van der Waals surface area contributed by atoms with Crippen LogP contribution < -0.4 is 10.1 Å². The average molecular weight is 527 g/mol. The lowest BCUT2D eigenvalue weighted by atomic mass is 9.81. The fourth-order valence-electron chi connectivity index (χ4n) is 6.31. The number of likely N-dealkylation sites (tertiary alicyclic amines) is 1. The number of benzene rings is 2. The summed E-state index contributed by atoms with van der Waals surface area (Å²) in [6, 6.07) is 10.8. The zero-order chi connectivity index (χ0) is 26.9. The quantitative estimate of drug-likeness (QED) is 0.435. The Bertz CT molecular complexity index is 1210. The maximum absolute atomic E-state index is 13.9. The Morgan fingerprint density at radius 3 is 2.53 bits per heavy atom. The topological polar surface area (TPSA) is 41.6 Å². The third-order valence-electron chi connectivity index (χ3n) is 8.57. The lowest BCUT2D eigenvalue weighted by Crippen LogP contribution is -2.53. The molecule has 0 radical (unpaired) electrons. The summed E-state index contributed by atoms with van der Waals surface area (Å²) >= 11 is 0. The van der Waals surface area contributed by atoms with Gasteiger partial charge in [-0.15, -0.1) is 0 Å². The molecule has 1 saturated heterocycles. The first-order valence-corrected chi connectivity index (χ1v) is 13.8. The molecular weight excluding hydrogens is 489 g/mol. The number of hydrogen-bond acceptors (Lipinski definition) is 3. The number of nitrogens with zero attached hydrogens (tertiary/aromatic N) is 1. The molecule has 1 amide bonds. The lowest BCUT2D eigenvalue weighted by Gasteiger charge is -2.39. The molecule has 5 rings (SSSR count). The van der Waals surface area contributed by atoms with Gasteiger partial charge in [-0.1, -0.05) is 43.0 Å². The van der Waals surface area contributed by atoms with Crippen LogP contribution in [0.25, 0.3) is 5.57 Å². The van der Waals surface area contributed by atoms with Gasteiger partial charge in [0.25, 0.3) is 0 Å². The Morgan fingerprint density at radius 1 is 1.05 bits per heavy atom. The van der Waals surface area contributed by atoms with E-state index in [-0.39, 0.29) is 24.3 Å². The van der Waals surface area contributed by atoms with Gasteiger partial charge in [0, 0.05) is 26.7 Å². The standard InChI is InChI=1S/C31H37F3N2O2/c1-20-24(16-36-17-25(18-36)30(37)35-2)10-9-23-15-26(11-13-27(20)23)38-19-21-8-12-28(22-6-4-3-5-7-22)29(14-21)31(32,33)34/h8,11-15,22,25H,3-7,9-10,16-19H2,1-2H3,(H,35,37). The average Bonchev–Trinajstić information content (AvgIpc) is 2.90. The smallest absolute Gasteiger partial charge is 0.416 e. The Kier molecular flexibility index (Phi) is 7.85. The van der Waals surface area contributed by atoms with Crippen LogP contribution in [0.1, 0.15) is 79.2 Å². The summed E-state index contributed by atoms with van der Waals surface area (Å²) in [6.07, 6.45) is 2.27. The van der Waals surface area contributed by atoms with Crippen LogP contribution in [0.4, 0.5) is 13.2 Å². The number of rotatable bonds is 7. The zero-order valence-electron chi connectivity index (χ0n) is 22.3. The van der Waals surface area contributed by atoms with E-state index in [2.05, 4.69) is 23.2 Å². The summed E-state index contributed by atoms with van der Waals surface area (Å²) in [7, 11) is 1.68. The van der Waals surface area contributed by atoms with Crippen LogP contribution in [-0.4, -0.2) is 37.5 Å². The van der Waals surface area contributed by atoms with Gasteiger partial charge in [-0.3, -0.25) is 9.69 Å². The van der Waals surface area contributed by atoms with Crippen molar-refractivity contribution in [1.82, 2.24) is 10.2 Å². The second-order valence-corrected chi connectivity index (χ2v) is 11.1. The highest BCUT2D eigenvalue weighted by atomic mass is 19.4. The number of halogens is 3. The van der Waals surface area contributed by atoms with Crippen LogP contribution >= 0.6 is 0 Å². The number of alkyl halides is 3. The Labute approximate surface area is 223 Å². The van der Waals surface area contributed by atoms with Gasteiger partial charge in [0.15, 0.2) is 0 Å². The molecule has 1 N–H and O–H groups in total. The fraction of sp³-hybridized carbons (Fsp3) is 0.516. The molecule has 204 valence electrons. The highest BCUT2D eigenvalue weighted by molar-refractivity contribution is 5.79. The van der Waals surface area contributed by atoms with Crippen LogP contribution in [0, 0.1) is 5.92 Å². The van der Waals surface area contributed by atoms with Crippen molar-refractivity contribution in [3.05, 3.63) is 69.8 Å². The maximum atomic E-state index is 13.9. The molecule has 2 fully saturated rings.